The largest absolute Gasteiger partial charge is 0.493 e. The maximum Gasteiger partial charge on any atom is 0.283 e. The molecule has 0 unspecified atom stereocenters. The number of hydrogen-bond donors (Lipinski definition) is 1. The number of nitrogens with one attached hydrogen (secondary N) is 1. The number of nitrogens with zero attached hydrogens (tertiary/aromatic N) is 4. The van der Waals surface area contributed by atoms with E-state index in [1.54, 1.807) is 24.3 Å². The van der Waals surface area contributed by atoms with Gasteiger partial charge in [0.05, 0.1) is 24.1 Å². The molecule has 1 N–H and O–H groups in total. The Hall–Kier alpha value is -4.17. The molecule has 5 rings (SSSR count). The van der Waals surface area contributed by atoms with Crippen LogP contribution in [0.25, 0.3) is 27.5 Å². The van der Waals surface area contributed by atoms with Gasteiger partial charge in [-0.05, 0) is 42.0 Å². The molecule has 33 heavy (non-hydrogen) atoms. The lowest BCUT2D eigenvalue weighted by Gasteiger charge is -2.14. The summed E-state index contributed by atoms with van der Waals surface area (Å²) in [5.41, 5.74) is 3.54. The Morgan fingerprint density at radius 1 is 1.09 bits per heavy atom. The van der Waals surface area contributed by atoms with Crippen LogP contribution in [0.2, 0.25) is 5.02 Å². The predicted octanol–water partition coefficient (Wildman–Crippen LogP) is 4.17. The third-order valence-electron chi connectivity index (χ3n) is 5.18. The van der Waals surface area contributed by atoms with E-state index in [0.29, 0.717) is 34.3 Å². The van der Waals surface area contributed by atoms with Gasteiger partial charge in [-0.1, -0.05) is 48.0 Å². The second kappa shape index (κ2) is 8.40. The molecule has 0 aliphatic heterocycles. The number of benzene rings is 3. The lowest BCUT2D eigenvalue weighted by Crippen LogP contribution is -2.33. The molecule has 0 aliphatic rings. The molecule has 1 amide bonds. The van der Waals surface area contributed by atoms with Crippen LogP contribution in [0.5, 0.6) is 5.75 Å². The molecule has 3 aromatic carbocycles. The molecule has 2 heterocycles. The summed E-state index contributed by atoms with van der Waals surface area (Å²) in [4.78, 5) is 30.7. The summed E-state index contributed by atoms with van der Waals surface area (Å²) in [6, 6.07) is 18.2. The first kappa shape index (κ1) is 20.7. The molecule has 8 nitrogen and oxygen atoms in total. The van der Waals surface area contributed by atoms with Crippen molar-refractivity contribution in [1.29, 1.82) is 0 Å². The number of amides is 1. The van der Waals surface area contributed by atoms with Crippen molar-refractivity contribution < 1.29 is 9.53 Å². The van der Waals surface area contributed by atoms with Crippen molar-refractivity contribution in [2.24, 2.45) is 0 Å². The second-order valence-electron chi connectivity index (χ2n) is 7.23. The van der Waals surface area contributed by atoms with Gasteiger partial charge in [0.1, 0.15) is 17.5 Å². The van der Waals surface area contributed by atoms with E-state index in [-0.39, 0.29) is 5.39 Å². The highest BCUT2D eigenvalue weighted by Gasteiger charge is 2.19. The van der Waals surface area contributed by atoms with Crippen molar-refractivity contribution in [2.45, 2.75) is 6.92 Å². The molecule has 0 bridgehead atoms. The van der Waals surface area contributed by atoms with Crippen molar-refractivity contribution in [2.75, 3.05) is 12.0 Å². The number of carbonyl (C=O) groups excluding carboxylic acids is 1. The molecule has 0 atom stereocenters. The number of hydrogen-bond acceptors (Lipinski definition) is 5. The van der Waals surface area contributed by atoms with Crippen molar-refractivity contribution >= 4 is 39.3 Å². The number of ether oxygens (including phenoxy) is 1. The first-order valence-corrected chi connectivity index (χ1v) is 10.6. The summed E-state index contributed by atoms with van der Waals surface area (Å²) in [6.07, 6.45) is 2.68. The third-order valence-corrected chi connectivity index (χ3v) is 5.42. The summed E-state index contributed by atoms with van der Waals surface area (Å²) < 4.78 is 8.25. The molecule has 0 saturated carbocycles. The van der Waals surface area contributed by atoms with Crippen LogP contribution < -0.4 is 15.7 Å². The number of aromatic nitrogens is 4. The summed E-state index contributed by atoms with van der Waals surface area (Å²) >= 11 is 6.08. The predicted molar refractivity (Wildman–Crippen MR) is 127 cm³/mol. The standard InChI is InChI=1S/C24H18ClN5O3/c1-2-33-20-11-10-15-6-3-4-9-18(15)21(20)23(31)28-29-14-26-22-19(24(29)32)13-27-30(22)17-8-5-7-16(25)12-17/h3-14H,2H2,1H3,(H,28,31). The van der Waals surface area contributed by atoms with Crippen LogP contribution in [0.15, 0.2) is 78.0 Å². The van der Waals surface area contributed by atoms with Gasteiger partial charge in [0, 0.05) is 5.02 Å². The van der Waals surface area contributed by atoms with Gasteiger partial charge in [0.2, 0.25) is 0 Å². The van der Waals surface area contributed by atoms with Gasteiger partial charge < -0.3 is 4.74 Å². The molecule has 164 valence electrons. The van der Waals surface area contributed by atoms with E-state index in [9.17, 15) is 9.59 Å². The minimum absolute atomic E-state index is 0.251. The molecule has 9 heteroatoms. The van der Waals surface area contributed by atoms with E-state index >= 15 is 0 Å². The second-order valence-corrected chi connectivity index (χ2v) is 7.66. The minimum atomic E-state index is -0.485. The van der Waals surface area contributed by atoms with Crippen molar-refractivity contribution in [1.82, 2.24) is 19.4 Å². The zero-order chi connectivity index (χ0) is 22.9. The van der Waals surface area contributed by atoms with Gasteiger partial charge in [-0.15, -0.1) is 0 Å². The van der Waals surface area contributed by atoms with E-state index in [1.807, 2.05) is 43.3 Å². The third kappa shape index (κ3) is 3.70. The average molecular weight is 460 g/mol. The summed E-state index contributed by atoms with van der Waals surface area (Å²) in [7, 11) is 0. The number of rotatable bonds is 5. The van der Waals surface area contributed by atoms with Gasteiger partial charge in [0.15, 0.2) is 5.65 Å². The fraction of sp³-hybridized carbons (Fsp3) is 0.0833. The molecule has 5 aromatic rings. The quantitative estimate of drug-likeness (QED) is 0.426. The molecule has 0 radical (unpaired) electrons. The SMILES string of the molecule is CCOc1ccc2ccccc2c1C(=O)Nn1cnc2c(cnn2-c2cccc(Cl)c2)c1=O. The molecule has 0 saturated heterocycles. The topological polar surface area (TPSA) is 91.0 Å². The number of halogens is 1. The van der Waals surface area contributed by atoms with Crippen LogP contribution in [-0.4, -0.2) is 32.0 Å². The Morgan fingerprint density at radius 3 is 2.76 bits per heavy atom. The minimum Gasteiger partial charge on any atom is -0.493 e. The average Bonchev–Trinajstić information content (AvgIpc) is 3.26. The van der Waals surface area contributed by atoms with E-state index in [4.69, 9.17) is 16.3 Å². The van der Waals surface area contributed by atoms with Crippen molar-refractivity contribution in [3.05, 3.63) is 94.1 Å². The molecule has 2 aromatic heterocycles. The fourth-order valence-electron chi connectivity index (χ4n) is 3.72. The summed E-state index contributed by atoms with van der Waals surface area (Å²) in [5.74, 6) is -0.0507. The Labute approximate surface area is 193 Å². The van der Waals surface area contributed by atoms with Crippen LogP contribution in [0, 0.1) is 0 Å². The van der Waals surface area contributed by atoms with Gasteiger partial charge in [0.25, 0.3) is 11.5 Å². The molecular formula is C24H18ClN5O3. The Kier molecular flexibility index (Phi) is 5.27. The van der Waals surface area contributed by atoms with Crippen molar-refractivity contribution in [3.63, 3.8) is 0 Å². The maximum atomic E-state index is 13.3. The van der Waals surface area contributed by atoms with E-state index in [1.165, 1.54) is 17.2 Å². The van der Waals surface area contributed by atoms with Crippen LogP contribution >= 0.6 is 11.6 Å². The van der Waals surface area contributed by atoms with Gasteiger partial charge in [-0.2, -0.15) is 5.10 Å². The first-order valence-electron chi connectivity index (χ1n) is 10.2. The van der Waals surface area contributed by atoms with Gasteiger partial charge in [-0.25, -0.2) is 14.3 Å². The molecule has 0 spiro atoms. The Balaban J connectivity index is 1.55. The van der Waals surface area contributed by atoms with Gasteiger partial charge in [-0.3, -0.25) is 15.0 Å². The van der Waals surface area contributed by atoms with Crippen LogP contribution in [-0.2, 0) is 0 Å². The normalized spacial score (nSPS) is 11.1. The molecular weight excluding hydrogens is 442 g/mol. The van der Waals surface area contributed by atoms with E-state index in [0.717, 1.165) is 15.4 Å². The zero-order valence-corrected chi connectivity index (χ0v) is 18.3. The molecule has 0 aliphatic carbocycles. The number of fused-ring (bicyclic) bond motifs is 2. The highest BCUT2D eigenvalue weighted by atomic mass is 35.5. The zero-order valence-electron chi connectivity index (χ0n) is 17.5. The first-order chi connectivity index (χ1) is 16.1. The highest BCUT2D eigenvalue weighted by Crippen LogP contribution is 2.28. The van der Waals surface area contributed by atoms with Crippen LogP contribution in [0.4, 0.5) is 0 Å². The highest BCUT2D eigenvalue weighted by molar-refractivity contribution is 6.30. The monoisotopic (exact) mass is 459 g/mol. The smallest absolute Gasteiger partial charge is 0.283 e. The van der Waals surface area contributed by atoms with Gasteiger partial charge >= 0.3 is 0 Å². The van der Waals surface area contributed by atoms with Crippen molar-refractivity contribution in [3.8, 4) is 11.4 Å². The van der Waals surface area contributed by atoms with E-state index < -0.39 is 11.5 Å². The summed E-state index contributed by atoms with van der Waals surface area (Å²) in [6.45, 7) is 2.24. The molecule has 0 fully saturated rings. The Morgan fingerprint density at radius 2 is 1.94 bits per heavy atom. The lowest BCUT2D eigenvalue weighted by molar-refractivity contribution is 0.100. The summed E-state index contributed by atoms with van der Waals surface area (Å²) in [5, 5.41) is 6.67. The Bertz CT molecular complexity index is 1570. The maximum absolute atomic E-state index is 13.3. The lowest BCUT2D eigenvalue weighted by atomic mass is 10.0. The van der Waals surface area contributed by atoms with Crippen LogP contribution in [0.3, 0.4) is 0 Å². The van der Waals surface area contributed by atoms with Crippen LogP contribution in [0.1, 0.15) is 17.3 Å². The van der Waals surface area contributed by atoms with E-state index in [2.05, 4.69) is 15.5 Å². The number of carbonyl (C=O) groups is 1. The fourth-order valence-corrected chi connectivity index (χ4v) is 3.90.